The van der Waals surface area contributed by atoms with E-state index in [2.05, 4.69) is 26.2 Å². The lowest BCUT2D eigenvalue weighted by atomic mass is 10.2. The van der Waals surface area contributed by atoms with Gasteiger partial charge in [0.05, 0.1) is 0 Å². The molecular weight excluding hydrogens is 192 g/mol. The summed E-state index contributed by atoms with van der Waals surface area (Å²) in [6.45, 7) is 16.0. The molecular formula is C11H22O2Si. The van der Waals surface area contributed by atoms with Crippen LogP contribution in [0.15, 0.2) is 12.2 Å². The molecule has 82 valence electrons. The van der Waals surface area contributed by atoms with Crippen molar-refractivity contribution in [3.63, 3.8) is 0 Å². The summed E-state index contributed by atoms with van der Waals surface area (Å²) in [5.74, 6) is -0.250. The minimum absolute atomic E-state index is 0.250. The van der Waals surface area contributed by atoms with Crippen LogP contribution in [-0.2, 0) is 9.53 Å². The highest BCUT2D eigenvalue weighted by atomic mass is 28.3. The molecule has 0 aliphatic rings. The van der Waals surface area contributed by atoms with Gasteiger partial charge >= 0.3 is 5.97 Å². The lowest BCUT2D eigenvalue weighted by molar-refractivity contribution is -0.149. The van der Waals surface area contributed by atoms with Gasteiger partial charge in [-0.25, -0.2) is 4.79 Å². The predicted molar refractivity (Wildman–Crippen MR) is 63.1 cm³/mol. The second-order valence-electron chi connectivity index (χ2n) is 5.84. The van der Waals surface area contributed by atoms with E-state index in [4.69, 9.17) is 4.74 Å². The minimum Gasteiger partial charge on any atom is -0.457 e. The summed E-state index contributed by atoms with van der Waals surface area (Å²) in [4.78, 5) is 11.5. The maximum atomic E-state index is 11.5. The van der Waals surface area contributed by atoms with Crippen molar-refractivity contribution >= 4 is 14.0 Å². The molecule has 0 N–H and O–H groups in total. The molecule has 2 nitrogen and oxygen atoms in total. The Kier molecular flexibility index (Phi) is 4.12. The molecule has 0 spiro atoms. The quantitative estimate of drug-likeness (QED) is 0.409. The molecule has 0 aromatic heterocycles. The summed E-state index contributed by atoms with van der Waals surface area (Å²) >= 11 is 0. The van der Waals surface area contributed by atoms with Crippen LogP contribution in [0.3, 0.4) is 0 Å². The van der Waals surface area contributed by atoms with E-state index in [0.717, 1.165) is 6.04 Å². The van der Waals surface area contributed by atoms with Crippen LogP contribution >= 0.6 is 0 Å². The number of carbonyl (C=O) groups excluding carboxylic acids is 1. The molecule has 0 aliphatic heterocycles. The van der Waals surface area contributed by atoms with Crippen molar-refractivity contribution < 1.29 is 9.53 Å². The minimum atomic E-state index is -1.26. The summed E-state index contributed by atoms with van der Waals surface area (Å²) in [7, 11) is -1.26. The van der Waals surface area contributed by atoms with Gasteiger partial charge in [0.2, 0.25) is 0 Å². The third-order valence-corrected chi connectivity index (χ3v) is 2.92. The van der Waals surface area contributed by atoms with Crippen LogP contribution in [0.5, 0.6) is 0 Å². The Morgan fingerprint density at radius 3 is 2.00 bits per heavy atom. The molecule has 3 heteroatoms. The van der Waals surface area contributed by atoms with E-state index in [1.165, 1.54) is 0 Å². The van der Waals surface area contributed by atoms with Crippen LogP contribution in [0.25, 0.3) is 0 Å². The molecule has 0 aromatic carbocycles. The molecule has 0 rings (SSSR count). The fraction of sp³-hybridized carbons (Fsp3) is 0.727. The van der Waals surface area contributed by atoms with Crippen LogP contribution in [-0.4, -0.2) is 19.6 Å². The average molecular weight is 214 g/mol. The zero-order chi connectivity index (χ0) is 11.6. The molecule has 0 heterocycles. The van der Waals surface area contributed by atoms with Crippen LogP contribution in [0.2, 0.25) is 25.7 Å². The normalized spacial score (nSPS) is 12.4. The van der Waals surface area contributed by atoms with Crippen molar-refractivity contribution in [1.82, 2.24) is 0 Å². The van der Waals surface area contributed by atoms with E-state index in [1.807, 2.05) is 20.8 Å². The first-order chi connectivity index (χ1) is 6.01. The predicted octanol–water partition coefficient (Wildman–Crippen LogP) is 3.22. The van der Waals surface area contributed by atoms with E-state index < -0.39 is 13.7 Å². The highest BCUT2D eigenvalue weighted by Crippen LogP contribution is 2.18. The summed E-state index contributed by atoms with van der Waals surface area (Å²) in [5, 5.41) is 0. The Morgan fingerprint density at radius 1 is 1.29 bits per heavy atom. The standard InChI is InChI=1S/C11H22O2Si/c1-9(8-14(5,6)7)10(12)13-11(2,3)4/h1,8H2,2-7H3. The third-order valence-electron chi connectivity index (χ3n) is 1.43. The van der Waals surface area contributed by atoms with Gasteiger partial charge in [-0.1, -0.05) is 26.2 Å². The number of carbonyl (C=O) groups is 1. The van der Waals surface area contributed by atoms with Crippen molar-refractivity contribution in [3.05, 3.63) is 12.2 Å². The van der Waals surface area contributed by atoms with Crippen molar-refractivity contribution in [2.75, 3.05) is 0 Å². The second kappa shape index (κ2) is 4.30. The Labute approximate surface area is 88.4 Å². The molecule has 0 fully saturated rings. The topological polar surface area (TPSA) is 26.3 Å². The second-order valence-corrected chi connectivity index (χ2v) is 11.3. The maximum Gasteiger partial charge on any atom is 0.333 e. The summed E-state index contributed by atoms with van der Waals surface area (Å²) in [6.07, 6.45) is 0. The van der Waals surface area contributed by atoms with Gasteiger partial charge in [0.15, 0.2) is 0 Å². The fourth-order valence-electron chi connectivity index (χ4n) is 1.06. The Hall–Kier alpha value is -0.573. The molecule has 0 saturated heterocycles. The van der Waals surface area contributed by atoms with Gasteiger partial charge in [-0.3, -0.25) is 0 Å². The number of hydrogen-bond acceptors (Lipinski definition) is 2. The zero-order valence-corrected chi connectivity index (χ0v) is 11.2. The van der Waals surface area contributed by atoms with Gasteiger partial charge < -0.3 is 4.74 Å². The first-order valence-corrected chi connectivity index (χ1v) is 8.63. The van der Waals surface area contributed by atoms with Crippen molar-refractivity contribution in [2.45, 2.75) is 52.1 Å². The van der Waals surface area contributed by atoms with Gasteiger partial charge in [0.25, 0.3) is 0 Å². The molecule has 0 radical (unpaired) electrons. The average Bonchev–Trinajstić information content (AvgIpc) is 1.78. The van der Waals surface area contributed by atoms with Gasteiger partial charge in [0.1, 0.15) is 5.60 Å². The van der Waals surface area contributed by atoms with Crippen LogP contribution < -0.4 is 0 Å². The van der Waals surface area contributed by atoms with Crippen LogP contribution in [0.4, 0.5) is 0 Å². The number of esters is 1. The molecule has 0 bridgehead atoms. The Bertz CT molecular complexity index is 205. The molecule has 0 unspecified atom stereocenters. The van der Waals surface area contributed by atoms with E-state index in [1.54, 1.807) is 0 Å². The summed E-state index contributed by atoms with van der Waals surface area (Å²) in [6, 6.07) is 0.807. The van der Waals surface area contributed by atoms with E-state index in [9.17, 15) is 4.79 Å². The van der Waals surface area contributed by atoms with Gasteiger partial charge in [-0.15, -0.1) is 0 Å². The third kappa shape index (κ3) is 6.89. The van der Waals surface area contributed by atoms with Gasteiger partial charge in [-0.2, -0.15) is 0 Å². The van der Waals surface area contributed by atoms with E-state index >= 15 is 0 Å². The monoisotopic (exact) mass is 214 g/mol. The molecule has 0 atom stereocenters. The molecule has 0 aliphatic carbocycles. The van der Waals surface area contributed by atoms with Crippen molar-refractivity contribution in [3.8, 4) is 0 Å². The molecule has 0 saturated carbocycles. The van der Waals surface area contributed by atoms with E-state index in [0.29, 0.717) is 5.57 Å². The summed E-state index contributed by atoms with van der Waals surface area (Å²) in [5.41, 5.74) is 0.193. The van der Waals surface area contributed by atoms with Crippen molar-refractivity contribution in [1.29, 1.82) is 0 Å². The number of ether oxygens (including phenoxy) is 1. The number of hydrogen-bond donors (Lipinski definition) is 0. The highest BCUT2D eigenvalue weighted by Gasteiger charge is 2.23. The summed E-state index contributed by atoms with van der Waals surface area (Å²) < 4.78 is 5.23. The van der Waals surface area contributed by atoms with Crippen LogP contribution in [0, 0.1) is 0 Å². The van der Waals surface area contributed by atoms with Crippen LogP contribution in [0.1, 0.15) is 20.8 Å². The number of rotatable bonds is 3. The first kappa shape index (κ1) is 13.4. The van der Waals surface area contributed by atoms with Gasteiger partial charge in [0, 0.05) is 13.6 Å². The first-order valence-electron chi connectivity index (χ1n) is 4.92. The zero-order valence-electron chi connectivity index (χ0n) is 10.2. The SMILES string of the molecule is C=C(C[Si](C)(C)C)C(=O)OC(C)(C)C. The Morgan fingerprint density at radius 2 is 1.71 bits per heavy atom. The fourth-order valence-corrected chi connectivity index (χ4v) is 2.49. The molecule has 14 heavy (non-hydrogen) atoms. The largest absolute Gasteiger partial charge is 0.457 e. The maximum absolute atomic E-state index is 11.5. The smallest absolute Gasteiger partial charge is 0.333 e. The molecule has 0 amide bonds. The molecule has 0 aromatic rings. The van der Waals surface area contributed by atoms with Gasteiger partial charge in [-0.05, 0) is 26.8 Å². The van der Waals surface area contributed by atoms with Crippen molar-refractivity contribution in [2.24, 2.45) is 0 Å². The highest BCUT2D eigenvalue weighted by molar-refractivity contribution is 6.77. The lowest BCUT2D eigenvalue weighted by Crippen LogP contribution is -2.28. The lowest BCUT2D eigenvalue weighted by Gasteiger charge is -2.22. The Balaban J connectivity index is 4.22. The van der Waals surface area contributed by atoms with E-state index in [-0.39, 0.29) is 5.97 Å².